The highest BCUT2D eigenvalue weighted by Crippen LogP contribution is 2.23. The van der Waals surface area contributed by atoms with Gasteiger partial charge in [0, 0.05) is 18.5 Å². The van der Waals surface area contributed by atoms with Gasteiger partial charge in [0.05, 0.1) is 19.3 Å². The van der Waals surface area contributed by atoms with Gasteiger partial charge >= 0.3 is 0 Å². The molecule has 0 aromatic carbocycles. The van der Waals surface area contributed by atoms with E-state index >= 15 is 0 Å². The Kier molecular flexibility index (Phi) is 3.22. The number of aliphatic hydroxyl groups is 1. The molecule has 2 rings (SSSR count). The van der Waals surface area contributed by atoms with Crippen molar-refractivity contribution in [1.29, 1.82) is 0 Å². The molecule has 6 heteroatoms. The Morgan fingerprint density at radius 1 is 1.71 bits per heavy atom. The Hall–Kier alpha value is -0.360. The predicted molar refractivity (Wildman–Crippen MR) is 56.2 cm³/mol. The van der Waals surface area contributed by atoms with Crippen LogP contribution in [0.2, 0.25) is 5.15 Å². The summed E-state index contributed by atoms with van der Waals surface area (Å²) in [7, 11) is 0. The number of rotatable bonds is 1. The minimum atomic E-state index is -0.444. The molecule has 4 nitrogen and oxygen atoms in total. The Labute approximate surface area is 91.1 Å². The van der Waals surface area contributed by atoms with E-state index in [1.807, 2.05) is 4.90 Å². The van der Waals surface area contributed by atoms with Gasteiger partial charge in [-0.15, -0.1) is 11.3 Å². The van der Waals surface area contributed by atoms with Gasteiger partial charge in [0.1, 0.15) is 5.15 Å². The standard InChI is InChI=1S/C8H11ClN2O2S/c9-7-5-14-8(10-7)11-1-2-13-4-6(12)3-11/h5-6,12H,1-4H2. The average molecular weight is 235 g/mol. The fraction of sp³-hybridized carbons (Fsp3) is 0.625. The highest BCUT2D eigenvalue weighted by atomic mass is 35.5. The van der Waals surface area contributed by atoms with Crippen LogP contribution >= 0.6 is 22.9 Å². The number of aromatic nitrogens is 1. The van der Waals surface area contributed by atoms with Gasteiger partial charge in [-0.2, -0.15) is 0 Å². The van der Waals surface area contributed by atoms with Crippen molar-refractivity contribution in [3.63, 3.8) is 0 Å². The van der Waals surface area contributed by atoms with Crippen LogP contribution in [0, 0.1) is 0 Å². The molecule has 1 N–H and O–H groups in total. The van der Waals surface area contributed by atoms with Gasteiger partial charge < -0.3 is 14.7 Å². The SMILES string of the molecule is OC1COCCN(c2nc(Cl)cs2)C1. The van der Waals surface area contributed by atoms with E-state index in [9.17, 15) is 5.11 Å². The van der Waals surface area contributed by atoms with E-state index in [4.69, 9.17) is 16.3 Å². The number of anilines is 1. The molecule has 1 aliphatic heterocycles. The molecule has 0 radical (unpaired) electrons. The fourth-order valence-corrected chi connectivity index (χ4v) is 2.34. The van der Waals surface area contributed by atoms with Gasteiger partial charge in [0.2, 0.25) is 0 Å². The first-order valence-electron chi connectivity index (χ1n) is 4.37. The predicted octanol–water partition coefficient (Wildman–Crippen LogP) is 0.994. The molecule has 78 valence electrons. The highest BCUT2D eigenvalue weighted by Gasteiger charge is 2.18. The zero-order valence-electron chi connectivity index (χ0n) is 7.52. The lowest BCUT2D eigenvalue weighted by atomic mass is 10.3. The van der Waals surface area contributed by atoms with Crippen LogP contribution in [0.3, 0.4) is 0 Å². The van der Waals surface area contributed by atoms with Crippen molar-refractivity contribution in [3.05, 3.63) is 10.5 Å². The Balaban J connectivity index is 2.08. The van der Waals surface area contributed by atoms with E-state index < -0.39 is 6.10 Å². The third-order valence-corrected chi connectivity index (χ3v) is 3.21. The maximum absolute atomic E-state index is 9.50. The Morgan fingerprint density at radius 3 is 3.29 bits per heavy atom. The van der Waals surface area contributed by atoms with Gasteiger partial charge in [-0.1, -0.05) is 11.6 Å². The van der Waals surface area contributed by atoms with Crippen molar-refractivity contribution in [3.8, 4) is 0 Å². The summed E-state index contributed by atoms with van der Waals surface area (Å²) < 4.78 is 5.22. The number of halogens is 1. The normalized spacial score (nSPS) is 23.6. The summed E-state index contributed by atoms with van der Waals surface area (Å²) in [6, 6.07) is 0. The molecule has 1 unspecified atom stereocenters. The van der Waals surface area contributed by atoms with Crippen LogP contribution in [0.1, 0.15) is 0 Å². The number of thiazole rings is 1. The molecule has 1 saturated heterocycles. The van der Waals surface area contributed by atoms with E-state index in [-0.39, 0.29) is 0 Å². The lowest BCUT2D eigenvalue weighted by molar-refractivity contribution is 0.0597. The second-order valence-corrected chi connectivity index (χ2v) is 4.35. The maximum atomic E-state index is 9.50. The molecule has 0 saturated carbocycles. The molecule has 1 aromatic heterocycles. The molecular formula is C8H11ClN2O2S. The largest absolute Gasteiger partial charge is 0.389 e. The van der Waals surface area contributed by atoms with Crippen molar-refractivity contribution >= 4 is 28.1 Å². The van der Waals surface area contributed by atoms with Gasteiger partial charge in [-0.3, -0.25) is 0 Å². The van der Waals surface area contributed by atoms with Crippen LogP contribution in [0.4, 0.5) is 5.13 Å². The molecular weight excluding hydrogens is 224 g/mol. The Bertz CT molecular complexity index is 307. The van der Waals surface area contributed by atoms with Gasteiger partial charge in [0.25, 0.3) is 0 Å². The summed E-state index contributed by atoms with van der Waals surface area (Å²) in [5, 5.41) is 12.6. The van der Waals surface area contributed by atoms with Crippen LogP contribution in [0.5, 0.6) is 0 Å². The lowest BCUT2D eigenvalue weighted by Gasteiger charge is -2.19. The Morgan fingerprint density at radius 2 is 2.57 bits per heavy atom. The molecule has 1 fully saturated rings. The van der Waals surface area contributed by atoms with Crippen molar-refractivity contribution in [2.75, 3.05) is 31.2 Å². The minimum absolute atomic E-state index is 0.398. The van der Waals surface area contributed by atoms with Crippen LogP contribution in [0.15, 0.2) is 5.38 Å². The monoisotopic (exact) mass is 234 g/mol. The van der Waals surface area contributed by atoms with E-state index in [1.165, 1.54) is 11.3 Å². The zero-order chi connectivity index (χ0) is 9.97. The van der Waals surface area contributed by atoms with Crippen LogP contribution < -0.4 is 4.90 Å². The fourth-order valence-electron chi connectivity index (χ4n) is 1.36. The first-order chi connectivity index (χ1) is 6.75. The summed E-state index contributed by atoms with van der Waals surface area (Å²) in [5.74, 6) is 0. The summed E-state index contributed by atoms with van der Waals surface area (Å²) >= 11 is 7.22. The number of aliphatic hydroxyl groups excluding tert-OH is 1. The smallest absolute Gasteiger partial charge is 0.186 e. The van der Waals surface area contributed by atoms with E-state index in [2.05, 4.69) is 4.98 Å². The van der Waals surface area contributed by atoms with Crippen molar-refractivity contribution in [1.82, 2.24) is 4.98 Å². The van der Waals surface area contributed by atoms with Crippen molar-refractivity contribution in [2.24, 2.45) is 0 Å². The van der Waals surface area contributed by atoms with Crippen LogP contribution in [0.25, 0.3) is 0 Å². The van der Waals surface area contributed by atoms with E-state index in [0.717, 1.165) is 11.7 Å². The summed E-state index contributed by atoms with van der Waals surface area (Å²) in [4.78, 5) is 6.15. The number of ether oxygens (including phenoxy) is 1. The second-order valence-electron chi connectivity index (χ2n) is 3.13. The van der Waals surface area contributed by atoms with E-state index in [1.54, 1.807) is 5.38 Å². The molecule has 0 amide bonds. The van der Waals surface area contributed by atoms with Crippen molar-refractivity contribution in [2.45, 2.75) is 6.10 Å². The third kappa shape index (κ3) is 2.36. The van der Waals surface area contributed by atoms with Gasteiger partial charge in [-0.05, 0) is 0 Å². The lowest BCUT2D eigenvalue weighted by Crippen LogP contribution is -2.32. The molecule has 1 aliphatic rings. The van der Waals surface area contributed by atoms with Crippen LogP contribution in [-0.2, 0) is 4.74 Å². The van der Waals surface area contributed by atoms with Crippen LogP contribution in [-0.4, -0.2) is 42.5 Å². The summed E-state index contributed by atoms with van der Waals surface area (Å²) in [5.41, 5.74) is 0. The number of hydrogen-bond donors (Lipinski definition) is 1. The van der Waals surface area contributed by atoms with Gasteiger partial charge in [0.15, 0.2) is 5.13 Å². The summed E-state index contributed by atoms with van der Waals surface area (Å²) in [6.07, 6.45) is -0.444. The number of hydrogen-bond acceptors (Lipinski definition) is 5. The molecule has 0 bridgehead atoms. The number of nitrogens with zero attached hydrogens (tertiary/aromatic N) is 2. The second kappa shape index (κ2) is 4.44. The molecule has 1 aromatic rings. The topological polar surface area (TPSA) is 45.6 Å². The average Bonchev–Trinajstić information content (AvgIpc) is 2.45. The third-order valence-electron chi connectivity index (χ3n) is 1.98. The first kappa shape index (κ1) is 10.2. The summed E-state index contributed by atoms with van der Waals surface area (Å²) in [6.45, 7) is 2.33. The van der Waals surface area contributed by atoms with Gasteiger partial charge in [-0.25, -0.2) is 4.98 Å². The molecule has 1 atom stereocenters. The quantitative estimate of drug-likeness (QED) is 0.788. The maximum Gasteiger partial charge on any atom is 0.186 e. The molecule has 14 heavy (non-hydrogen) atoms. The number of β-amino-alcohol motifs (C(OH)–C–C–N with tert-alkyl or cyclic N) is 1. The molecule has 0 spiro atoms. The zero-order valence-corrected chi connectivity index (χ0v) is 9.09. The minimum Gasteiger partial charge on any atom is -0.389 e. The molecule has 2 heterocycles. The highest BCUT2D eigenvalue weighted by molar-refractivity contribution is 7.14. The van der Waals surface area contributed by atoms with E-state index in [0.29, 0.717) is 24.9 Å². The molecule has 0 aliphatic carbocycles. The van der Waals surface area contributed by atoms with Crippen molar-refractivity contribution < 1.29 is 9.84 Å². The first-order valence-corrected chi connectivity index (χ1v) is 5.63.